The normalized spacial score (nSPS) is 10.6. The molecule has 7 heteroatoms. The van der Waals surface area contributed by atoms with Crippen LogP contribution in [0, 0.1) is 6.92 Å². The van der Waals surface area contributed by atoms with E-state index in [0.717, 1.165) is 11.1 Å². The number of anilines is 1. The monoisotopic (exact) mass is 381 g/mol. The highest BCUT2D eigenvalue weighted by molar-refractivity contribution is 5.90. The third-order valence-electron chi connectivity index (χ3n) is 4.01. The molecule has 0 bridgehead atoms. The van der Waals surface area contributed by atoms with E-state index in [9.17, 15) is 4.79 Å². The summed E-state index contributed by atoms with van der Waals surface area (Å²) in [6, 6.07) is 15.1. The number of ether oxygens (including phenoxy) is 2. The smallest absolute Gasteiger partial charge is 0.247 e. The zero-order valence-corrected chi connectivity index (χ0v) is 16.0. The summed E-state index contributed by atoms with van der Waals surface area (Å²) < 4.78 is 16.1. The van der Waals surface area contributed by atoms with Gasteiger partial charge in [0.2, 0.25) is 17.7 Å². The molecule has 0 saturated heterocycles. The third kappa shape index (κ3) is 5.65. The van der Waals surface area contributed by atoms with Gasteiger partial charge in [-0.15, -0.1) is 10.2 Å². The Hall–Kier alpha value is -3.19. The molecule has 0 aliphatic rings. The fourth-order valence-electron chi connectivity index (χ4n) is 2.52. The first-order valence-electron chi connectivity index (χ1n) is 9.05. The van der Waals surface area contributed by atoms with E-state index in [-0.39, 0.29) is 12.3 Å². The minimum atomic E-state index is -0.135. The molecule has 0 saturated carbocycles. The van der Waals surface area contributed by atoms with Gasteiger partial charge in [0, 0.05) is 37.3 Å². The van der Waals surface area contributed by atoms with Crippen LogP contribution in [0.25, 0.3) is 11.5 Å². The molecule has 7 nitrogen and oxygen atoms in total. The van der Waals surface area contributed by atoms with Gasteiger partial charge in [-0.2, -0.15) is 0 Å². The molecule has 0 fully saturated rings. The Morgan fingerprint density at radius 2 is 1.93 bits per heavy atom. The fraction of sp³-hybridized carbons (Fsp3) is 0.286. The summed E-state index contributed by atoms with van der Waals surface area (Å²) in [6.45, 7) is 2.97. The van der Waals surface area contributed by atoms with Crippen LogP contribution in [0.1, 0.15) is 17.9 Å². The lowest BCUT2D eigenvalue weighted by Crippen LogP contribution is -2.12. The van der Waals surface area contributed by atoms with Crippen molar-refractivity contribution < 1.29 is 18.7 Å². The summed E-state index contributed by atoms with van der Waals surface area (Å²) in [4.78, 5) is 12.2. The molecule has 0 unspecified atom stereocenters. The van der Waals surface area contributed by atoms with E-state index in [1.165, 1.54) is 0 Å². The van der Waals surface area contributed by atoms with Crippen LogP contribution in [0.5, 0.6) is 5.75 Å². The second-order valence-electron chi connectivity index (χ2n) is 6.28. The molecule has 1 heterocycles. The van der Waals surface area contributed by atoms with Crippen LogP contribution in [0.2, 0.25) is 0 Å². The van der Waals surface area contributed by atoms with Gasteiger partial charge >= 0.3 is 0 Å². The van der Waals surface area contributed by atoms with E-state index in [1.54, 1.807) is 13.2 Å². The zero-order chi connectivity index (χ0) is 19.8. The third-order valence-corrected chi connectivity index (χ3v) is 4.01. The summed E-state index contributed by atoms with van der Waals surface area (Å²) in [7, 11) is 1.62. The molecule has 1 N–H and O–H groups in total. The number of methoxy groups -OCH3 is 1. The van der Waals surface area contributed by atoms with Gasteiger partial charge in [-0.3, -0.25) is 4.79 Å². The molecule has 28 heavy (non-hydrogen) atoms. The van der Waals surface area contributed by atoms with Crippen molar-refractivity contribution in [2.24, 2.45) is 0 Å². The molecule has 2 aromatic carbocycles. The molecule has 1 amide bonds. The largest absolute Gasteiger partial charge is 0.491 e. The summed E-state index contributed by atoms with van der Waals surface area (Å²) in [5.74, 6) is 1.43. The van der Waals surface area contributed by atoms with Crippen molar-refractivity contribution in [3.63, 3.8) is 0 Å². The van der Waals surface area contributed by atoms with E-state index in [1.807, 2.05) is 49.4 Å². The highest BCUT2D eigenvalue weighted by Gasteiger charge is 2.11. The van der Waals surface area contributed by atoms with Gasteiger partial charge in [0.05, 0.1) is 6.61 Å². The molecule has 0 aliphatic heterocycles. The Labute approximate surface area is 163 Å². The van der Waals surface area contributed by atoms with Crippen molar-refractivity contribution in [3.05, 3.63) is 60.0 Å². The van der Waals surface area contributed by atoms with Gasteiger partial charge < -0.3 is 19.2 Å². The Morgan fingerprint density at radius 1 is 1.11 bits per heavy atom. The van der Waals surface area contributed by atoms with Crippen molar-refractivity contribution in [1.82, 2.24) is 10.2 Å². The first-order valence-corrected chi connectivity index (χ1v) is 9.05. The second kappa shape index (κ2) is 9.66. The number of hydrogen-bond donors (Lipinski definition) is 1. The number of nitrogens with zero attached hydrogens (tertiary/aromatic N) is 2. The van der Waals surface area contributed by atoms with Crippen LogP contribution in [0.4, 0.5) is 5.69 Å². The molecule has 0 aliphatic carbocycles. The Bertz CT molecular complexity index is 906. The predicted octanol–water partition coefficient (Wildman–Crippen LogP) is 3.64. The van der Waals surface area contributed by atoms with Gasteiger partial charge in [-0.1, -0.05) is 23.8 Å². The van der Waals surface area contributed by atoms with Gasteiger partial charge in [0.1, 0.15) is 12.4 Å². The summed E-state index contributed by atoms with van der Waals surface area (Å²) in [6.07, 6.45) is 0.610. The summed E-state index contributed by atoms with van der Waals surface area (Å²) in [5, 5.41) is 10.9. The number of nitrogens with one attached hydrogen (secondary N) is 1. The molecule has 1 aromatic heterocycles. The first-order chi connectivity index (χ1) is 13.6. The molecule has 0 atom stereocenters. The number of rotatable bonds is 9. The summed E-state index contributed by atoms with van der Waals surface area (Å²) in [5.41, 5.74) is 2.69. The van der Waals surface area contributed by atoms with Crippen molar-refractivity contribution in [2.75, 3.05) is 25.6 Å². The van der Waals surface area contributed by atoms with Gasteiger partial charge in [-0.05, 0) is 31.2 Å². The van der Waals surface area contributed by atoms with Crippen molar-refractivity contribution in [2.45, 2.75) is 19.8 Å². The lowest BCUT2D eigenvalue weighted by atomic mass is 10.1. The van der Waals surface area contributed by atoms with Crippen LogP contribution in [-0.2, 0) is 16.0 Å². The lowest BCUT2D eigenvalue weighted by Gasteiger charge is -2.08. The summed E-state index contributed by atoms with van der Waals surface area (Å²) >= 11 is 0. The quantitative estimate of drug-likeness (QED) is 0.570. The molecule has 3 rings (SSSR count). The van der Waals surface area contributed by atoms with Gasteiger partial charge in [-0.25, -0.2) is 0 Å². The first kappa shape index (κ1) is 19.6. The number of benzene rings is 2. The van der Waals surface area contributed by atoms with Crippen molar-refractivity contribution in [3.8, 4) is 17.2 Å². The zero-order valence-electron chi connectivity index (χ0n) is 16.0. The Balaban J connectivity index is 1.51. The van der Waals surface area contributed by atoms with Gasteiger partial charge in [0.25, 0.3) is 0 Å². The fourth-order valence-corrected chi connectivity index (χ4v) is 2.52. The van der Waals surface area contributed by atoms with Crippen molar-refractivity contribution in [1.29, 1.82) is 0 Å². The molecule has 0 radical (unpaired) electrons. The topological polar surface area (TPSA) is 86.5 Å². The average Bonchev–Trinajstić information content (AvgIpc) is 3.17. The molecule has 3 aromatic rings. The Morgan fingerprint density at radius 3 is 2.71 bits per heavy atom. The van der Waals surface area contributed by atoms with E-state index in [2.05, 4.69) is 15.5 Å². The number of carbonyl (C=O) groups excluding carboxylic acids is 1. The second-order valence-corrected chi connectivity index (χ2v) is 6.28. The van der Waals surface area contributed by atoms with E-state index < -0.39 is 0 Å². The minimum absolute atomic E-state index is 0.135. The van der Waals surface area contributed by atoms with E-state index in [0.29, 0.717) is 42.9 Å². The molecule has 0 spiro atoms. The Kier molecular flexibility index (Phi) is 6.75. The van der Waals surface area contributed by atoms with Gasteiger partial charge in [0.15, 0.2) is 0 Å². The maximum Gasteiger partial charge on any atom is 0.247 e. The number of carbonyl (C=O) groups is 1. The van der Waals surface area contributed by atoms with Crippen LogP contribution in [0.3, 0.4) is 0 Å². The van der Waals surface area contributed by atoms with Crippen LogP contribution in [-0.4, -0.2) is 36.4 Å². The maximum atomic E-state index is 12.2. The van der Waals surface area contributed by atoms with Crippen LogP contribution < -0.4 is 10.1 Å². The minimum Gasteiger partial charge on any atom is -0.491 e. The lowest BCUT2D eigenvalue weighted by molar-refractivity contribution is -0.116. The SMILES string of the molecule is COCCOc1cccc(NC(=O)CCc2nnc(-c3ccc(C)cc3)o2)c1. The maximum absolute atomic E-state index is 12.2. The van der Waals surface area contributed by atoms with Crippen molar-refractivity contribution >= 4 is 11.6 Å². The van der Waals surface area contributed by atoms with E-state index in [4.69, 9.17) is 13.9 Å². The van der Waals surface area contributed by atoms with E-state index >= 15 is 0 Å². The number of aromatic nitrogens is 2. The average molecular weight is 381 g/mol. The molecule has 146 valence electrons. The molecular formula is C21H23N3O4. The predicted molar refractivity (Wildman–Crippen MR) is 105 cm³/mol. The number of aryl methyl sites for hydroxylation is 2. The standard InChI is InChI=1S/C21H23N3O4/c1-15-6-8-16(9-7-15)21-24-23-20(28-21)11-10-19(25)22-17-4-3-5-18(14-17)27-13-12-26-2/h3-9,14H,10-13H2,1-2H3,(H,22,25). The number of amides is 1. The molecular weight excluding hydrogens is 358 g/mol. The van der Waals surface area contributed by atoms with Crippen LogP contribution >= 0.6 is 0 Å². The highest BCUT2D eigenvalue weighted by Crippen LogP contribution is 2.20. The number of hydrogen-bond acceptors (Lipinski definition) is 6. The van der Waals surface area contributed by atoms with Crippen LogP contribution in [0.15, 0.2) is 52.9 Å². The highest BCUT2D eigenvalue weighted by atomic mass is 16.5.